The highest BCUT2D eigenvalue weighted by Crippen LogP contribution is 2.29. The molecule has 0 aliphatic rings. The first-order valence-electron chi connectivity index (χ1n) is 17.6. The van der Waals surface area contributed by atoms with Crippen LogP contribution in [0, 0.1) is 12.8 Å². The molecule has 3 atom stereocenters. The van der Waals surface area contributed by atoms with Gasteiger partial charge in [-0.25, -0.2) is 14.4 Å². The summed E-state index contributed by atoms with van der Waals surface area (Å²) in [6.45, 7) is 4.25. The van der Waals surface area contributed by atoms with Gasteiger partial charge in [0.05, 0.1) is 36.2 Å². The number of hydrogen-bond donors (Lipinski definition) is 6. The molecule has 0 aliphatic heterocycles. The third-order valence-electron chi connectivity index (χ3n) is 8.51. The number of carbonyl (C=O) groups excluding carboxylic acids is 5. The Morgan fingerprint density at radius 3 is 2.23 bits per heavy atom. The van der Waals surface area contributed by atoms with Crippen molar-refractivity contribution in [3.05, 3.63) is 77.0 Å². The second-order valence-corrected chi connectivity index (χ2v) is 12.5. The van der Waals surface area contributed by atoms with Crippen LogP contribution in [-0.4, -0.2) is 93.8 Å². The van der Waals surface area contributed by atoms with E-state index in [-0.39, 0.29) is 47.0 Å². The van der Waals surface area contributed by atoms with Crippen molar-refractivity contribution < 1.29 is 67.7 Å². The molecule has 4 amide bonds. The number of aryl methyl sites for hydroxylation is 1. The third kappa shape index (κ3) is 12.4. The van der Waals surface area contributed by atoms with E-state index in [4.69, 9.17) is 24.2 Å². The van der Waals surface area contributed by atoms with Crippen LogP contribution in [0.25, 0.3) is 11.3 Å². The number of amides is 4. The van der Waals surface area contributed by atoms with Gasteiger partial charge in [-0.05, 0) is 55.7 Å². The van der Waals surface area contributed by atoms with Crippen molar-refractivity contribution in [3.63, 3.8) is 0 Å². The zero-order valence-electron chi connectivity index (χ0n) is 30.9. The summed E-state index contributed by atoms with van der Waals surface area (Å²) in [5.41, 5.74) is 0.833. The summed E-state index contributed by atoms with van der Waals surface area (Å²) in [6.07, 6.45) is 2.39. The fraction of sp³-hybridized carbons (Fsp3) is 0.368. The molecule has 1 heterocycles. The number of carbonyl (C=O) groups is 8. The van der Waals surface area contributed by atoms with Crippen LogP contribution in [0.2, 0.25) is 0 Å². The number of hydrogen-bond acceptors (Lipinski definition) is 11. The van der Waals surface area contributed by atoms with E-state index < -0.39 is 72.6 Å². The van der Waals surface area contributed by atoms with Crippen LogP contribution in [0.15, 0.2) is 59.0 Å². The normalized spacial score (nSPS) is 12.3. The van der Waals surface area contributed by atoms with E-state index in [0.717, 1.165) is 17.9 Å². The Kier molecular flexibility index (Phi) is 16.6. The molecule has 3 aromatic rings. The molecule has 0 bridgehead atoms. The Morgan fingerprint density at radius 2 is 1.61 bits per heavy atom. The van der Waals surface area contributed by atoms with E-state index in [1.165, 1.54) is 30.3 Å². The summed E-state index contributed by atoms with van der Waals surface area (Å²) < 4.78 is 10.9. The van der Waals surface area contributed by atoms with Crippen LogP contribution in [-0.2, 0) is 28.8 Å². The van der Waals surface area contributed by atoms with E-state index in [0.29, 0.717) is 24.8 Å². The SMILES string of the molecule is CCCCC[C@@H](C(=O)NCNC(=O)c1ccc(-c2ccc(C(=O)N[C@@H](CC(=O)O)C(=O)O)c(OCC(=O)O)c2)o1)[C@@H](CC)N(C=O)OC(=O)c1ccccc1C. The molecule has 300 valence electrons. The van der Waals surface area contributed by atoms with E-state index in [9.17, 15) is 43.5 Å². The van der Waals surface area contributed by atoms with Gasteiger partial charge in [-0.2, -0.15) is 5.06 Å². The number of hydroxylamine groups is 2. The van der Waals surface area contributed by atoms with Crippen molar-refractivity contribution >= 4 is 48.0 Å². The van der Waals surface area contributed by atoms with Crippen LogP contribution < -0.4 is 20.7 Å². The lowest BCUT2D eigenvalue weighted by Gasteiger charge is -2.32. The highest BCUT2D eigenvalue weighted by atomic mass is 16.7. The maximum absolute atomic E-state index is 13.5. The number of benzene rings is 2. The van der Waals surface area contributed by atoms with Gasteiger partial charge in [-0.3, -0.25) is 24.0 Å². The second kappa shape index (κ2) is 21.2. The van der Waals surface area contributed by atoms with Gasteiger partial charge < -0.3 is 45.3 Å². The third-order valence-corrected chi connectivity index (χ3v) is 8.51. The van der Waals surface area contributed by atoms with Crippen LogP contribution in [0.1, 0.15) is 89.2 Å². The average molecular weight is 781 g/mol. The molecule has 0 aliphatic carbocycles. The zero-order valence-corrected chi connectivity index (χ0v) is 30.9. The molecular weight excluding hydrogens is 736 g/mol. The molecule has 6 N–H and O–H groups in total. The van der Waals surface area contributed by atoms with Gasteiger partial charge in [-0.1, -0.05) is 57.4 Å². The minimum absolute atomic E-state index is 0.0802. The van der Waals surface area contributed by atoms with E-state index in [1.807, 2.05) is 6.92 Å². The number of unbranched alkanes of at least 4 members (excludes halogenated alkanes) is 2. The molecule has 2 aromatic carbocycles. The smallest absolute Gasteiger partial charge is 0.363 e. The van der Waals surface area contributed by atoms with E-state index >= 15 is 0 Å². The molecule has 18 heteroatoms. The van der Waals surface area contributed by atoms with Gasteiger partial charge >= 0.3 is 23.9 Å². The topological polar surface area (TPSA) is 268 Å². The number of ether oxygens (including phenoxy) is 1. The van der Waals surface area contributed by atoms with Crippen molar-refractivity contribution in [1.29, 1.82) is 0 Å². The Labute approximate surface area is 321 Å². The molecule has 56 heavy (non-hydrogen) atoms. The van der Waals surface area contributed by atoms with Crippen LogP contribution in [0.5, 0.6) is 5.75 Å². The lowest BCUT2D eigenvalue weighted by molar-refractivity contribution is -0.171. The van der Waals surface area contributed by atoms with Gasteiger partial charge in [0.2, 0.25) is 12.3 Å². The molecule has 0 saturated heterocycles. The van der Waals surface area contributed by atoms with Crippen molar-refractivity contribution in [1.82, 2.24) is 21.0 Å². The number of rotatable bonds is 23. The summed E-state index contributed by atoms with van der Waals surface area (Å²) in [5.74, 6) is -8.72. The maximum atomic E-state index is 13.5. The van der Waals surface area contributed by atoms with Crippen molar-refractivity contribution in [2.24, 2.45) is 5.92 Å². The lowest BCUT2D eigenvalue weighted by Crippen LogP contribution is -2.49. The second-order valence-electron chi connectivity index (χ2n) is 12.5. The summed E-state index contributed by atoms with van der Waals surface area (Å²) in [6, 6.07) is 10.6. The predicted molar refractivity (Wildman–Crippen MR) is 195 cm³/mol. The molecule has 0 fully saturated rings. The molecule has 0 radical (unpaired) electrons. The highest BCUT2D eigenvalue weighted by molar-refractivity contribution is 6.00. The number of carboxylic acids is 3. The van der Waals surface area contributed by atoms with Gasteiger partial charge in [0.15, 0.2) is 12.4 Å². The highest BCUT2D eigenvalue weighted by Gasteiger charge is 2.34. The Balaban J connectivity index is 1.73. The molecule has 0 saturated carbocycles. The number of nitrogens with one attached hydrogen (secondary N) is 3. The zero-order chi connectivity index (χ0) is 41.4. The van der Waals surface area contributed by atoms with E-state index in [1.54, 1.807) is 38.1 Å². The fourth-order valence-corrected chi connectivity index (χ4v) is 5.65. The number of nitrogens with zero attached hydrogens (tertiary/aromatic N) is 1. The van der Waals surface area contributed by atoms with Gasteiger partial charge in [0, 0.05) is 5.56 Å². The van der Waals surface area contributed by atoms with Crippen LogP contribution in [0.4, 0.5) is 0 Å². The lowest BCUT2D eigenvalue weighted by atomic mass is 9.90. The molecule has 18 nitrogen and oxygen atoms in total. The number of carboxylic acid groups (broad SMARTS) is 3. The molecule has 0 spiro atoms. The summed E-state index contributed by atoms with van der Waals surface area (Å²) in [7, 11) is 0. The largest absolute Gasteiger partial charge is 0.481 e. The average Bonchev–Trinajstić information content (AvgIpc) is 3.66. The first kappa shape index (κ1) is 43.7. The molecule has 1 aromatic heterocycles. The summed E-state index contributed by atoms with van der Waals surface area (Å²) >= 11 is 0. The van der Waals surface area contributed by atoms with Crippen molar-refractivity contribution in [3.8, 4) is 17.1 Å². The Hall–Kier alpha value is -6.72. The molecule has 3 rings (SSSR count). The van der Waals surface area contributed by atoms with Crippen LogP contribution >= 0.6 is 0 Å². The van der Waals surface area contributed by atoms with E-state index in [2.05, 4.69) is 16.0 Å². The van der Waals surface area contributed by atoms with Gasteiger partial charge in [0.25, 0.3) is 11.8 Å². The van der Waals surface area contributed by atoms with Crippen molar-refractivity contribution in [2.75, 3.05) is 13.3 Å². The minimum atomic E-state index is -1.79. The Bertz CT molecular complexity index is 1910. The predicted octanol–water partition coefficient (Wildman–Crippen LogP) is 3.39. The number of furan rings is 1. The Morgan fingerprint density at radius 1 is 0.875 bits per heavy atom. The van der Waals surface area contributed by atoms with Crippen LogP contribution in [0.3, 0.4) is 0 Å². The summed E-state index contributed by atoms with van der Waals surface area (Å²) in [5, 5.41) is 35.5. The quantitative estimate of drug-likeness (QED) is 0.0349. The van der Waals surface area contributed by atoms with Gasteiger partial charge in [0.1, 0.15) is 17.6 Å². The molecular formula is C38H44N4O14. The van der Waals surface area contributed by atoms with Gasteiger partial charge in [-0.15, -0.1) is 0 Å². The first-order chi connectivity index (χ1) is 26.7. The molecule has 0 unspecified atom stereocenters. The minimum Gasteiger partial charge on any atom is -0.481 e. The maximum Gasteiger partial charge on any atom is 0.363 e. The summed E-state index contributed by atoms with van der Waals surface area (Å²) in [4.78, 5) is 104. The number of aliphatic carboxylic acids is 3. The standard InChI is InChI=1S/C38H44N4O14/c1-4-6-7-12-25(28(5-2)42(21-43)56-38(53)24-11-9-8-10-22(24)3)34(48)39-20-40-36(50)30-16-15-29(55-30)23-13-14-26(31(17-23)54-19-33(46)47)35(49)41-27(37(51)52)18-32(44)45/h8-11,13-17,21,25,27-28H,4-7,12,18-20H2,1-3H3,(H,39,48)(H,40,50)(H,41,49)(H,44,45)(H,46,47)(H,51,52)/t25-,27+,28-/m1/s1. The first-order valence-corrected chi connectivity index (χ1v) is 17.6. The van der Waals surface area contributed by atoms with Crippen molar-refractivity contribution in [2.45, 2.75) is 71.4 Å². The monoisotopic (exact) mass is 780 g/mol. The fourth-order valence-electron chi connectivity index (χ4n) is 5.65.